The van der Waals surface area contributed by atoms with E-state index >= 15 is 0 Å². The van der Waals surface area contributed by atoms with E-state index in [9.17, 15) is 9.59 Å². The molecule has 0 atom stereocenters. The molecule has 2 aromatic heterocycles. The smallest absolute Gasteiger partial charge is 0.336 e. The van der Waals surface area contributed by atoms with Crippen molar-refractivity contribution in [1.82, 2.24) is 5.32 Å². The second-order valence-corrected chi connectivity index (χ2v) is 7.14. The summed E-state index contributed by atoms with van der Waals surface area (Å²) in [6.45, 7) is 4.62. The van der Waals surface area contributed by atoms with Crippen LogP contribution in [0.1, 0.15) is 32.8 Å². The number of benzene rings is 2. The van der Waals surface area contributed by atoms with Crippen LogP contribution in [0.25, 0.3) is 11.0 Å². The molecule has 0 aliphatic carbocycles. The molecule has 30 heavy (non-hydrogen) atoms. The fraction of sp³-hybridized carbons (Fsp3) is 0.167. The average molecular weight is 402 g/mol. The monoisotopic (exact) mass is 402 g/mol. The molecule has 0 radical (unpaired) electrons. The highest BCUT2D eigenvalue weighted by atomic mass is 16.4. The maximum atomic E-state index is 12.7. The molecule has 6 heteroatoms. The number of carbonyl (C=O) groups excluding carboxylic acids is 1. The standard InChI is InChI=1S/C24H22N2O4/c1-15-9-10-19-17(12-22(27)30-23(19)16(15)2)13-25-21-8-4-3-7-20(21)24(28)26-14-18-6-5-11-29-18/h3-12,25H,13-14H2,1-2H3,(H,26,28). The van der Waals surface area contributed by atoms with Crippen LogP contribution < -0.4 is 16.3 Å². The van der Waals surface area contributed by atoms with Gasteiger partial charge in [-0.25, -0.2) is 4.79 Å². The number of hydrogen-bond acceptors (Lipinski definition) is 5. The van der Waals surface area contributed by atoms with Gasteiger partial charge in [0.2, 0.25) is 0 Å². The molecular formula is C24H22N2O4. The van der Waals surface area contributed by atoms with Crippen LogP contribution in [0.15, 0.2) is 74.5 Å². The second-order valence-electron chi connectivity index (χ2n) is 7.14. The molecule has 2 N–H and O–H groups in total. The van der Waals surface area contributed by atoms with E-state index in [1.165, 1.54) is 6.07 Å². The van der Waals surface area contributed by atoms with Gasteiger partial charge < -0.3 is 19.5 Å². The third-order valence-corrected chi connectivity index (χ3v) is 5.16. The van der Waals surface area contributed by atoms with Crippen molar-refractivity contribution in [3.05, 3.63) is 99.3 Å². The Balaban J connectivity index is 1.57. The van der Waals surface area contributed by atoms with Crippen LogP contribution in [0.3, 0.4) is 0 Å². The highest BCUT2D eigenvalue weighted by molar-refractivity contribution is 5.99. The predicted molar refractivity (Wildman–Crippen MR) is 116 cm³/mol. The van der Waals surface area contributed by atoms with E-state index in [2.05, 4.69) is 10.6 Å². The maximum absolute atomic E-state index is 12.7. The molecule has 2 aromatic carbocycles. The van der Waals surface area contributed by atoms with Crippen molar-refractivity contribution in [3.8, 4) is 0 Å². The molecular weight excluding hydrogens is 380 g/mol. The van der Waals surface area contributed by atoms with Crippen LogP contribution >= 0.6 is 0 Å². The first kappa shape index (κ1) is 19.5. The lowest BCUT2D eigenvalue weighted by molar-refractivity contribution is 0.0949. The number of aryl methyl sites for hydroxylation is 2. The Labute approximate surface area is 173 Å². The number of rotatable bonds is 6. The number of hydrogen-bond donors (Lipinski definition) is 2. The number of fused-ring (bicyclic) bond motifs is 1. The van der Waals surface area contributed by atoms with Crippen molar-refractivity contribution < 1.29 is 13.6 Å². The lowest BCUT2D eigenvalue weighted by Gasteiger charge is -2.13. The van der Waals surface area contributed by atoms with Gasteiger partial charge in [-0.15, -0.1) is 0 Å². The van der Waals surface area contributed by atoms with E-state index < -0.39 is 5.63 Å². The lowest BCUT2D eigenvalue weighted by atomic mass is 10.0. The summed E-state index contributed by atoms with van der Waals surface area (Å²) >= 11 is 0. The van der Waals surface area contributed by atoms with E-state index in [4.69, 9.17) is 8.83 Å². The van der Waals surface area contributed by atoms with Crippen molar-refractivity contribution in [2.24, 2.45) is 0 Å². The zero-order valence-electron chi connectivity index (χ0n) is 16.8. The third-order valence-electron chi connectivity index (χ3n) is 5.16. The Hall–Kier alpha value is -3.80. The molecule has 0 bridgehead atoms. The molecule has 2 heterocycles. The van der Waals surface area contributed by atoms with Crippen molar-refractivity contribution in [3.63, 3.8) is 0 Å². The zero-order valence-corrected chi connectivity index (χ0v) is 16.8. The van der Waals surface area contributed by atoms with Crippen LogP contribution in [0, 0.1) is 13.8 Å². The number of carbonyl (C=O) groups is 1. The molecule has 0 fully saturated rings. The first-order valence-electron chi connectivity index (χ1n) is 9.69. The molecule has 0 aliphatic rings. The quantitative estimate of drug-likeness (QED) is 0.463. The maximum Gasteiger partial charge on any atom is 0.336 e. The van der Waals surface area contributed by atoms with Gasteiger partial charge in [-0.3, -0.25) is 4.79 Å². The van der Waals surface area contributed by atoms with Gasteiger partial charge in [0, 0.05) is 23.7 Å². The molecule has 4 aromatic rings. The zero-order chi connectivity index (χ0) is 21.1. The van der Waals surface area contributed by atoms with Crippen molar-refractivity contribution >= 4 is 22.6 Å². The van der Waals surface area contributed by atoms with Gasteiger partial charge in [-0.1, -0.05) is 24.3 Å². The summed E-state index contributed by atoms with van der Waals surface area (Å²) < 4.78 is 10.7. The van der Waals surface area contributed by atoms with E-state index in [1.807, 2.05) is 44.2 Å². The Bertz CT molecular complexity index is 1260. The van der Waals surface area contributed by atoms with Gasteiger partial charge in [0.25, 0.3) is 5.91 Å². The number of amides is 1. The van der Waals surface area contributed by atoms with E-state index in [1.54, 1.807) is 24.5 Å². The fourth-order valence-corrected chi connectivity index (χ4v) is 3.37. The van der Waals surface area contributed by atoms with Crippen molar-refractivity contribution in [2.45, 2.75) is 26.9 Å². The summed E-state index contributed by atoms with van der Waals surface area (Å²) in [5.74, 6) is 0.473. The fourth-order valence-electron chi connectivity index (χ4n) is 3.37. The number of para-hydroxylation sites is 1. The van der Waals surface area contributed by atoms with E-state index in [0.717, 1.165) is 22.1 Å². The Kier molecular flexibility index (Phi) is 5.39. The third kappa shape index (κ3) is 3.98. The summed E-state index contributed by atoms with van der Waals surface area (Å²) in [7, 11) is 0. The Morgan fingerprint density at radius 3 is 2.63 bits per heavy atom. The molecule has 152 valence electrons. The van der Waals surface area contributed by atoms with Crippen molar-refractivity contribution in [2.75, 3.05) is 5.32 Å². The van der Waals surface area contributed by atoms with Crippen LogP contribution in [-0.4, -0.2) is 5.91 Å². The molecule has 0 aliphatic heterocycles. The first-order chi connectivity index (χ1) is 14.5. The number of anilines is 1. The molecule has 0 saturated carbocycles. The van der Waals surface area contributed by atoms with Crippen LogP contribution in [-0.2, 0) is 13.1 Å². The predicted octanol–water partition coefficient (Wildman–Crippen LogP) is 4.54. The summed E-state index contributed by atoms with van der Waals surface area (Å²) in [6.07, 6.45) is 1.57. The molecule has 0 saturated heterocycles. The average Bonchev–Trinajstić information content (AvgIpc) is 3.27. The summed E-state index contributed by atoms with van der Waals surface area (Å²) in [6, 6.07) is 16.3. The minimum absolute atomic E-state index is 0.210. The second kappa shape index (κ2) is 8.29. The Morgan fingerprint density at radius 1 is 1.00 bits per heavy atom. The SMILES string of the molecule is Cc1ccc2c(CNc3ccccc3C(=O)NCc3ccco3)cc(=O)oc2c1C. The summed E-state index contributed by atoms with van der Waals surface area (Å²) in [4.78, 5) is 24.7. The van der Waals surface area contributed by atoms with Crippen LogP contribution in [0.4, 0.5) is 5.69 Å². The van der Waals surface area contributed by atoms with Gasteiger partial charge in [-0.05, 0) is 54.8 Å². The molecule has 0 unspecified atom stereocenters. The minimum Gasteiger partial charge on any atom is -0.467 e. The largest absolute Gasteiger partial charge is 0.467 e. The van der Waals surface area contributed by atoms with Gasteiger partial charge >= 0.3 is 5.63 Å². The number of furan rings is 1. The summed E-state index contributed by atoms with van der Waals surface area (Å²) in [5, 5.41) is 7.03. The van der Waals surface area contributed by atoms with Gasteiger partial charge in [0.1, 0.15) is 11.3 Å². The van der Waals surface area contributed by atoms with Crippen molar-refractivity contribution in [1.29, 1.82) is 0 Å². The molecule has 6 nitrogen and oxygen atoms in total. The normalized spacial score (nSPS) is 10.9. The molecule has 1 amide bonds. The van der Waals surface area contributed by atoms with Gasteiger partial charge in [-0.2, -0.15) is 0 Å². The minimum atomic E-state index is -0.391. The van der Waals surface area contributed by atoms with Crippen LogP contribution in [0.5, 0.6) is 0 Å². The number of nitrogens with one attached hydrogen (secondary N) is 2. The van der Waals surface area contributed by atoms with Gasteiger partial charge in [0.15, 0.2) is 0 Å². The van der Waals surface area contributed by atoms with Gasteiger partial charge in [0.05, 0.1) is 18.4 Å². The molecule has 4 rings (SSSR count). The highest BCUT2D eigenvalue weighted by Gasteiger charge is 2.13. The Morgan fingerprint density at radius 2 is 1.83 bits per heavy atom. The molecule has 0 spiro atoms. The van der Waals surface area contributed by atoms with E-state index in [-0.39, 0.29) is 5.91 Å². The highest BCUT2D eigenvalue weighted by Crippen LogP contribution is 2.24. The first-order valence-corrected chi connectivity index (χ1v) is 9.69. The topological polar surface area (TPSA) is 84.5 Å². The lowest BCUT2D eigenvalue weighted by Crippen LogP contribution is -2.23. The van der Waals surface area contributed by atoms with E-state index in [0.29, 0.717) is 35.7 Å². The summed E-state index contributed by atoms with van der Waals surface area (Å²) in [5.41, 5.74) is 4.23. The van der Waals surface area contributed by atoms with Crippen LogP contribution in [0.2, 0.25) is 0 Å².